The molecule has 0 aliphatic heterocycles. The van der Waals surface area contributed by atoms with E-state index in [4.69, 9.17) is 5.73 Å². The van der Waals surface area contributed by atoms with E-state index in [-0.39, 0.29) is 6.23 Å². The van der Waals surface area contributed by atoms with Gasteiger partial charge in [0.15, 0.2) is 6.23 Å². The largest absolute Gasteiger partial charge is 0.449 e. The molecule has 8 heavy (non-hydrogen) atoms. The van der Waals surface area contributed by atoms with Crippen LogP contribution in [0.5, 0.6) is 0 Å². The van der Waals surface area contributed by atoms with Crippen LogP contribution in [0.3, 0.4) is 0 Å². The molecule has 2 N–H and O–H groups in total. The Bertz CT molecular complexity index is 90.4. The van der Waals surface area contributed by atoms with Crippen LogP contribution < -0.4 is 5.73 Å². The van der Waals surface area contributed by atoms with Crippen molar-refractivity contribution in [3.05, 3.63) is 0 Å². The first-order chi connectivity index (χ1) is 3.84. The Hall–Kier alpha value is -0.570. The Labute approximate surface area is 47.8 Å². The van der Waals surface area contributed by atoms with Crippen LogP contribution in [0, 0.1) is 5.92 Å². The number of hydrogen-bond acceptors (Lipinski definition) is 3. The molecule has 0 amide bonds. The van der Waals surface area contributed by atoms with Crippen molar-refractivity contribution >= 4 is 6.47 Å². The third-order valence-electron chi connectivity index (χ3n) is 1.30. The summed E-state index contributed by atoms with van der Waals surface area (Å²) in [6.45, 7) is 0.406. The topological polar surface area (TPSA) is 52.3 Å². The first-order valence-corrected chi connectivity index (χ1v) is 2.69. The van der Waals surface area contributed by atoms with Crippen molar-refractivity contribution in [3.63, 3.8) is 0 Å². The summed E-state index contributed by atoms with van der Waals surface area (Å²) >= 11 is 0. The fraction of sp³-hybridized carbons (Fsp3) is 0.800. The highest BCUT2D eigenvalue weighted by Crippen LogP contribution is 2.31. The second kappa shape index (κ2) is 2.13. The van der Waals surface area contributed by atoms with Gasteiger partial charge in [0.25, 0.3) is 6.47 Å². The molecule has 3 nitrogen and oxygen atoms in total. The van der Waals surface area contributed by atoms with Gasteiger partial charge in [0.1, 0.15) is 0 Å². The van der Waals surface area contributed by atoms with Crippen molar-refractivity contribution < 1.29 is 9.53 Å². The summed E-state index contributed by atoms with van der Waals surface area (Å²) in [5.74, 6) is 0.445. The number of carbonyl (C=O) groups excluding carboxylic acids is 1. The minimum Gasteiger partial charge on any atom is -0.449 e. The van der Waals surface area contributed by atoms with Gasteiger partial charge < -0.3 is 4.74 Å². The number of hydrogen-bond donors (Lipinski definition) is 1. The van der Waals surface area contributed by atoms with Gasteiger partial charge in [0, 0.05) is 5.92 Å². The van der Waals surface area contributed by atoms with Crippen LogP contribution in [0.25, 0.3) is 0 Å². The van der Waals surface area contributed by atoms with E-state index >= 15 is 0 Å². The van der Waals surface area contributed by atoms with Crippen molar-refractivity contribution in [2.45, 2.75) is 19.1 Å². The minimum absolute atomic E-state index is 0.340. The molecular weight excluding hydrogens is 106 g/mol. The molecule has 0 aromatic carbocycles. The normalized spacial score (nSPS) is 22.1. The van der Waals surface area contributed by atoms with E-state index in [9.17, 15) is 4.79 Å². The van der Waals surface area contributed by atoms with Crippen LogP contribution in [0.1, 0.15) is 12.8 Å². The highest BCUT2D eigenvalue weighted by Gasteiger charge is 2.29. The van der Waals surface area contributed by atoms with Gasteiger partial charge in [-0.15, -0.1) is 0 Å². The van der Waals surface area contributed by atoms with Gasteiger partial charge >= 0.3 is 0 Å². The van der Waals surface area contributed by atoms with E-state index < -0.39 is 0 Å². The van der Waals surface area contributed by atoms with Crippen molar-refractivity contribution in [2.24, 2.45) is 11.7 Å². The van der Waals surface area contributed by atoms with Gasteiger partial charge in [-0.2, -0.15) is 0 Å². The molecule has 1 saturated carbocycles. The smallest absolute Gasteiger partial charge is 0.294 e. The maximum Gasteiger partial charge on any atom is 0.294 e. The van der Waals surface area contributed by atoms with Gasteiger partial charge in [0.2, 0.25) is 0 Å². The van der Waals surface area contributed by atoms with E-state index in [1.807, 2.05) is 0 Å². The van der Waals surface area contributed by atoms with Gasteiger partial charge in [-0.25, -0.2) is 0 Å². The van der Waals surface area contributed by atoms with Gasteiger partial charge in [0.05, 0.1) is 0 Å². The van der Waals surface area contributed by atoms with Crippen molar-refractivity contribution in [1.82, 2.24) is 0 Å². The standard InChI is InChI=1S/C5H9NO2/c6-5(8-3-7)4-1-2-4/h3-5H,1-2,6H2. The molecule has 1 rings (SSSR count). The SMILES string of the molecule is NC(OC=O)C1CC1. The van der Waals surface area contributed by atoms with Gasteiger partial charge in [-0.3, -0.25) is 10.5 Å². The fourth-order valence-corrected chi connectivity index (χ4v) is 0.600. The molecule has 0 bridgehead atoms. The monoisotopic (exact) mass is 115 g/mol. The molecule has 0 saturated heterocycles. The Morgan fingerprint density at radius 2 is 2.38 bits per heavy atom. The maximum atomic E-state index is 9.65. The van der Waals surface area contributed by atoms with Crippen LogP contribution in [-0.4, -0.2) is 12.7 Å². The molecule has 0 aromatic heterocycles. The van der Waals surface area contributed by atoms with Crippen LogP contribution in [-0.2, 0) is 9.53 Å². The number of carbonyl (C=O) groups is 1. The van der Waals surface area contributed by atoms with Crippen molar-refractivity contribution in [2.75, 3.05) is 0 Å². The highest BCUT2D eigenvalue weighted by molar-refractivity contribution is 5.37. The molecule has 0 heterocycles. The lowest BCUT2D eigenvalue weighted by Crippen LogP contribution is -2.25. The fourth-order valence-electron chi connectivity index (χ4n) is 0.600. The third kappa shape index (κ3) is 1.20. The average Bonchev–Trinajstić information content (AvgIpc) is 2.45. The first-order valence-electron chi connectivity index (χ1n) is 2.69. The summed E-state index contributed by atoms with van der Waals surface area (Å²) in [5, 5.41) is 0. The van der Waals surface area contributed by atoms with E-state index in [1.165, 1.54) is 0 Å². The molecule has 0 aromatic rings. The highest BCUT2D eigenvalue weighted by atomic mass is 16.5. The molecule has 0 spiro atoms. The van der Waals surface area contributed by atoms with E-state index in [0.29, 0.717) is 12.4 Å². The van der Waals surface area contributed by atoms with Crippen molar-refractivity contribution in [3.8, 4) is 0 Å². The van der Waals surface area contributed by atoms with Crippen LogP contribution in [0.4, 0.5) is 0 Å². The Kier molecular flexibility index (Phi) is 1.48. The summed E-state index contributed by atoms with van der Waals surface area (Å²) in [5.41, 5.74) is 5.34. The third-order valence-corrected chi connectivity index (χ3v) is 1.30. The zero-order valence-electron chi connectivity index (χ0n) is 4.54. The Morgan fingerprint density at radius 1 is 1.75 bits per heavy atom. The average molecular weight is 115 g/mol. The maximum absolute atomic E-state index is 9.65. The van der Waals surface area contributed by atoms with Gasteiger partial charge in [-0.1, -0.05) is 0 Å². The second-order valence-electron chi connectivity index (χ2n) is 2.03. The first kappa shape index (κ1) is 5.56. The van der Waals surface area contributed by atoms with Crippen molar-refractivity contribution in [1.29, 1.82) is 0 Å². The van der Waals surface area contributed by atoms with E-state index in [1.54, 1.807) is 0 Å². The molecule has 0 radical (unpaired) electrons. The van der Waals surface area contributed by atoms with E-state index in [0.717, 1.165) is 12.8 Å². The zero-order valence-corrected chi connectivity index (χ0v) is 4.54. The summed E-state index contributed by atoms with van der Waals surface area (Å²) in [6, 6.07) is 0. The summed E-state index contributed by atoms with van der Waals surface area (Å²) in [4.78, 5) is 9.65. The lowest BCUT2D eigenvalue weighted by atomic mass is 10.4. The Balaban J connectivity index is 2.12. The van der Waals surface area contributed by atoms with Crippen LogP contribution in [0.15, 0.2) is 0 Å². The summed E-state index contributed by atoms with van der Waals surface area (Å²) < 4.78 is 4.46. The predicted molar refractivity (Wildman–Crippen MR) is 27.8 cm³/mol. The molecule has 1 aliphatic rings. The molecule has 1 unspecified atom stereocenters. The number of rotatable bonds is 3. The van der Waals surface area contributed by atoms with Crippen LogP contribution in [0.2, 0.25) is 0 Å². The molecule has 1 aliphatic carbocycles. The molecular formula is C5H9NO2. The molecule has 1 fully saturated rings. The quantitative estimate of drug-likeness (QED) is 0.411. The van der Waals surface area contributed by atoms with Crippen LogP contribution >= 0.6 is 0 Å². The minimum atomic E-state index is -0.340. The summed E-state index contributed by atoms with van der Waals surface area (Å²) in [7, 11) is 0. The summed E-state index contributed by atoms with van der Waals surface area (Å²) in [6.07, 6.45) is 1.87. The lowest BCUT2D eigenvalue weighted by Gasteiger charge is -2.04. The van der Waals surface area contributed by atoms with E-state index in [2.05, 4.69) is 4.74 Å². The molecule has 46 valence electrons. The lowest BCUT2D eigenvalue weighted by molar-refractivity contribution is -0.134. The Morgan fingerprint density at radius 3 is 2.75 bits per heavy atom. The zero-order chi connectivity index (χ0) is 5.98. The molecule has 3 heteroatoms. The molecule has 1 atom stereocenters. The number of ether oxygens (including phenoxy) is 1. The van der Waals surface area contributed by atoms with Gasteiger partial charge in [-0.05, 0) is 12.8 Å². The second-order valence-corrected chi connectivity index (χ2v) is 2.03. The number of nitrogens with two attached hydrogens (primary N) is 1. The predicted octanol–water partition coefficient (Wildman–Crippen LogP) is -0.146.